The number of rotatable bonds is 4. The van der Waals surface area contributed by atoms with Crippen LogP contribution in [0, 0.1) is 0 Å². The molecule has 25 heavy (non-hydrogen) atoms. The lowest BCUT2D eigenvalue weighted by Gasteiger charge is -2.39. The van der Waals surface area contributed by atoms with Crippen molar-refractivity contribution in [2.24, 2.45) is 5.73 Å². The number of piperidine rings is 1. The molecule has 2 fully saturated rings. The molecule has 2 N–H and O–H groups in total. The molecule has 2 unspecified atom stereocenters. The Bertz CT molecular complexity index is 543. The Balaban J connectivity index is 1.49. The second kappa shape index (κ2) is 8.68. The van der Waals surface area contributed by atoms with Crippen molar-refractivity contribution in [1.29, 1.82) is 0 Å². The Morgan fingerprint density at radius 1 is 1.16 bits per heavy atom. The number of methoxy groups -OCH3 is 1. The monoisotopic (exact) mass is 346 g/mol. The number of amides is 1. The highest BCUT2D eigenvalue weighted by molar-refractivity contribution is 5.68. The maximum Gasteiger partial charge on any atom is 0.409 e. The standard InChI is InChI=1S/C20H30N2O3/c1-24-20(23)22-13-5-8-18(21)19(22)14-25-17-11-9-16(10-12-17)15-6-3-2-4-7-15/h2-4,6-7,16-19H,5,8-14,21H2,1H3. The summed E-state index contributed by atoms with van der Waals surface area (Å²) in [6, 6.07) is 10.6. The Labute approximate surface area is 150 Å². The average Bonchev–Trinajstić information content (AvgIpc) is 2.67. The van der Waals surface area contributed by atoms with Crippen LogP contribution in [0.5, 0.6) is 0 Å². The van der Waals surface area contributed by atoms with Gasteiger partial charge in [0.15, 0.2) is 0 Å². The molecule has 0 aromatic heterocycles. The molecule has 2 atom stereocenters. The highest BCUT2D eigenvalue weighted by atomic mass is 16.5. The molecule has 1 heterocycles. The van der Waals surface area contributed by atoms with Gasteiger partial charge in [-0.2, -0.15) is 0 Å². The third-order valence-electron chi connectivity index (χ3n) is 5.69. The minimum atomic E-state index is -0.295. The number of hydrogen-bond donors (Lipinski definition) is 1. The van der Waals surface area contributed by atoms with E-state index in [0.29, 0.717) is 19.1 Å². The first kappa shape index (κ1) is 18.2. The average molecular weight is 346 g/mol. The van der Waals surface area contributed by atoms with E-state index in [9.17, 15) is 4.79 Å². The van der Waals surface area contributed by atoms with E-state index in [2.05, 4.69) is 30.3 Å². The lowest BCUT2D eigenvalue weighted by Crippen LogP contribution is -2.56. The van der Waals surface area contributed by atoms with Crippen LogP contribution in [0.15, 0.2) is 30.3 Å². The van der Waals surface area contributed by atoms with E-state index < -0.39 is 0 Å². The molecule has 5 heteroatoms. The van der Waals surface area contributed by atoms with E-state index in [0.717, 1.165) is 38.5 Å². The maximum absolute atomic E-state index is 12.0. The quantitative estimate of drug-likeness (QED) is 0.908. The summed E-state index contributed by atoms with van der Waals surface area (Å²) in [5.74, 6) is 0.643. The Morgan fingerprint density at radius 3 is 2.56 bits per heavy atom. The summed E-state index contributed by atoms with van der Waals surface area (Å²) in [4.78, 5) is 13.7. The molecule has 1 saturated heterocycles. The van der Waals surface area contributed by atoms with Crippen molar-refractivity contribution in [3.8, 4) is 0 Å². The van der Waals surface area contributed by atoms with Gasteiger partial charge in [0.2, 0.25) is 0 Å². The third kappa shape index (κ3) is 4.53. The first-order valence-electron chi connectivity index (χ1n) is 9.45. The summed E-state index contributed by atoms with van der Waals surface area (Å²) in [6.45, 7) is 1.21. The smallest absolute Gasteiger partial charge is 0.409 e. The van der Waals surface area contributed by atoms with Gasteiger partial charge in [-0.05, 0) is 50.0 Å². The molecule has 1 aliphatic carbocycles. The van der Waals surface area contributed by atoms with Gasteiger partial charge in [0.25, 0.3) is 0 Å². The van der Waals surface area contributed by atoms with Crippen LogP contribution in [-0.4, -0.2) is 49.4 Å². The Kier molecular flexibility index (Phi) is 6.32. The molecule has 1 aliphatic heterocycles. The highest BCUT2D eigenvalue weighted by Gasteiger charge is 2.34. The number of carbonyl (C=O) groups is 1. The molecular formula is C20H30N2O3. The van der Waals surface area contributed by atoms with Gasteiger partial charge in [-0.3, -0.25) is 0 Å². The van der Waals surface area contributed by atoms with Crippen LogP contribution in [-0.2, 0) is 9.47 Å². The van der Waals surface area contributed by atoms with Crippen LogP contribution in [0.4, 0.5) is 4.79 Å². The molecule has 138 valence electrons. The van der Waals surface area contributed by atoms with E-state index in [4.69, 9.17) is 15.2 Å². The number of likely N-dealkylation sites (tertiary alicyclic amines) is 1. The van der Waals surface area contributed by atoms with E-state index in [1.165, 1.54) is 12.7 Å². The minimum absolute atomic E-state index is 0.0338. The number of benzene rings is 1. The summed E-state index contributed by atoms with van der Waals surface area (Å²) < 4.78 is 11.1. The van der Waals surface area contributed by atoms with Crippen molar-refractivity contribution >= 4 is 6.09 Å². The molecule has 3 rings (SSSR count). The Morgan fingerprint density at radius 2 is 1.88 bits per heavy atom. The van der Waals surface area contributed by atoms with Gasteiger partial charge in [0.1, 0.15) is 0 Å². The van der Waals surface area contributed by atoms with Crippen LogP contribution in [0.2, 0.25) is 0 Å². The van der Waals surface area contributed by atoms with Crippen LogP contribution in [0.3, 0.4) is 0 Å². The highest BCUT2D eigenvalue weighted by Crippen LogP contribution is 2.34. The summed E-state index contributed by atoms with van der Waals surface area (Å²) >= 11 is 0. The fraction of sp³-hybridized carbons (Fsp3) is 0.650. The van der Waals surface area contributed by atoms with Gasteiger partial charge in [0, 0.05) is 12.6 Å². The molecule has 0 radical (unpaired) electrons. The second-order valence-corrected chi connectivity index (χ2v) is 7.25. The van der Waals surface area contributed by atoms with E-state index in [1.807, 2.05) is 0 Å². The van der Waals surface area contributed by atoms with E-state index >= 15 is 0 Å². The first-order chi connectivity index (χ1) is 12.2. The predicted octanol–water partition coefficient (Wildman–Crippen LogP) is 3.29. The zero-order chi connectivity index (χ0) is 17.6. The molecule has 5 nitrogen and oxygen atoms in total. The summed E-state index contributed by atoms with van der Waals surface area (Å²) in [7, 11) is 1.42. The molecule has 0 bridgehead atoms. The number of ether oxygens (including phenoxy) is 2. The van der Waals surface area contributed by atoms with Crippen molar-refractivity contribution in [2.75, 3.05) is 20.3 Å². The molecule has 1 aromatic carbocycles. The van der Waals surface area contributed by atoms with Crippen molar-refractivity contribution in [3.63, 3.8) is 0 Å². The lowest BCUT2D eigenvalue weighted by atomic mass is 9.83. The van der Waals surface area contributed by atoms with Gasteiger partial charge in [-0.15, -0.1) is 0 Å². The lowest BCUT2D eigenvalue weighted by molar-refractivity contribution is -0.0229. The molecular weight excluding hydrogens is 316 g/mol. The molecule has 0 spiro atoms. The zero-order valence-electron chi connectivity index (χ0n) is 15.1. The second-order valence-electron chi connectivity index (χ2n) is 7.25. The molecule has 1 saturated carbocycles. The van der Waals surface area contributed by atoms with Gasteiger partial charge in [-0.1, -0.05) is 30.3 Å². The molecule has 1 amide bonds. The number of carbonyl (C=O) groups excluding carboxylic acids is 1. The largest absolute Gasteiger partial charge is 0.453 e. The predicted molar refractivity (Wildman–Crippen MR) is 97.5 cm³/mol. The zero-order valence-corrected chi connectivity index (χ0v) is 15.1. The first-order valence-corrected chi connectivity index (χ1v) is 9.45. The maximum atomic E-state index is 12.0. The fourth-order valence-corrected chi connectivity index (χ4v) is 4.17. The fourth-order valence-electron chi connectivity index (χ4n) is 4.17. The van der Waals surface area contributed by atoms with E-state index in [1.54, 1.807) is 4.90 Å². The van der Waals surface area contributed by atoms with Crippen LogP contribution in [0.1, 0.15) is 50.0 Å². The summed E-state index contributed by atoms with van der Waals surface area (Å²) in [5, 5.41) is 0. The minimum Gasteiger partial charge on any atom is -0.453 e. The molecule has 1 aromatic rings. The normalized spacial score (nSPS) is 30.1. The van der Waals surface area contributed by atoms with Crippen LogP contribution in [0.25, 0.3) is 0 Å². The van der Waals surface area contributed by atoms with Crippen molar-refractivity contribution in [3.05, 3.63) is 35.9 Å². The Hall–Kier alpha value is -1.59. The van der Waals surface area contributed by atoms with Gasteiger partial charge < -0.3 is 20.1 Å². The number of nitrogens with two attached hydrogens (primary N) is 1. The number of nitrogens with zero attached hydrogens (tertiary/aromatic N) is 1. The van der Waals surface area contributed by atoms with Crippen molar-refractivity contribution in [1.82, 2.24) is 4.90 Å². The van der Waals surface area contributed by atoms with Crippen molar-refractivity contribution < 1.29 is 14.3 Å². The van der Waals surface area contributed by atoms with Crippen molar-refractivity contribution in [2.45, 2.75) is 62.6 Å². The van der Waals surface area contributed by atoms with Gasteiger partial charge >= 0.3 is 6.09 Å². The molecule has 2 aliphatic rings. The van der Waals surface area contributed by atoms with Gasteiger partial charge in [0.05, 0.1) is 25.9 Å². The van der Waals surface area contributed by atoms with Crippen LogP contribution < -0.4 is 5.73 Å². The summed E-state index contributed by atoms with van der Waals surface area (Å²) in [6.07, 6.45) is 6.29. The summed E-state index contributed by atoms with van der Waals surface area (Å²) in [5.41, 5.74) is 7.68. The SMILES string of the molecule is COC(=O)N1CCCC(N)C1COC1CCC(c2ccccc2)CC1. The third-order valence-corrected chi connectivity index (χ3v) is 5.69. The van der Waals surface area contributed by atoms with Crippen LogP contribution >= 0.6 is 0 Å². The van der Waals surface area contributed by atoms with Gasteiger partial charge in [-0.25, -0.2) is 4.79 Å². The topological polar surface area (TPSA) is 64.8 Å². The van der Waals surface area contributed by atoms with E-state index in [-0.39, 0.29) is 24.3 Å². The number of hydrogen-bond acceptors (Lipinski definition) is 4.